The van der Waals surface area contributed by atoms with E-state index in [1.165, 1.54) is 4.68 Å². The molecule has 102 valence electrons. The Morgan fingerprint density at radius 2 is 2.15 bits per heavy atom. The van der Waals surface area contributed by atoms with Gasteiger partial charge in [-0.1, -0.05) is 0 Å². The summed E-state index contributed by atoms with van der Waals surface area (Å²) >= 11 is 0. The van der Waals surface area contributed by atoms with Gasteiger partial charge in [0.1, 0.15) is 0 Å². The number of aryl methyl sites for hydroxylation is 1. The molecule has 0 saturated carbocycles. The van der Waals surface area contributed by atoms with Crippen LogP contribution < -0.4 is 5.73 Å². The zero-order valence-electron chi connectivity index (χ0n) is 11.5. The van der Waals surface area contributed by atoms with E-state index in [1.54, 1.807) is 6.07 Å². The molecular weight excluding hydrogens is 252 g/mol. The Morgan fingerprint density at radius 1 is 1.35 bits per heavy atom. The van der Waals surface area contributed by atoms with E-state index >= 15 is 0 Å². The van der Waals surface area contributed by atoms with Crippen LogP contribution in [0.25, 0.3) is 10.9 Å². The summed E-state index contributed by atoms with van der Waals surface area (Å²) in [4.78, 5) is 15.7. The smallest absolute Gasteiger partial charge is 0.278 e. The zero-order valence-corrected chi connectivity index (χ0v) is 11.5. The second-order valence-corrected chi connectivity index (χ2v) is 4.85. The van der Waals surface area contributed by atoms with E-state index in [2.05, 4.69) is 10.1 Å². The fraction of sp³-hybridized carbons (Fsp3) is 0.200. The molecule has 0 fully saturated rings. The van der Waals surface area contributed by atoms with Crippen LogP contribution in [0.1, 0.15) is 27.3 Å². The van der Waals surface area contributed by atoms with Crippen LogP contribution in [0.2, 0.25) is 0 Å². The number of hydrogen-bond donors (Lipinski definition) is 2. The molecule has 0 unspecified atom stereocenters. The molecular formula is C15H16N4O. The van der Waals surface area contributed by atoms with Crippen LogP contribution in [0.15, 0.2) is 30.5 Å². The lowest BCUT2D eigenvalue weighted by Gasteiger charge is -2.04. The van der Waals surface area contributed by atoms with Crippen molar-refractivity contribution in [2.75, 3.05) is 0 Å². The fourth-order valence-electron chi connectivity index (χ4n) is 2.48. The second-order valence-electron chi connectivity index (χ2n) is 4.85. The van der Waals surface area contributed by atoms with Crippen LogP contribution >= 0.6 is 0 Å². The Bertz CT molecular complexity index is 797. The van der Waals surface area contributed by atoms with Crippen LogP contribution in [-0.4, -0.2) is 20.7 Å². The minimum atomic E-state index is -0.131. The Hall–Kier alpha value is -2.40. The number of nitrogens with one attached hydrogen (secondary N) is 1. The van der Waals surface area contributed by atoms with E-state index < -0.39 is 0 Å². The normalized spacial score (nSPS) is 11.2. The van der Waals surface area contributed by atoms with Crippen LogP contribution in [0.5, 0.6) is 0 Å². The predicted octanol–water partition coefficient (Wildman–Crippen LogP) is 2.13. The molecule has 0 amide bonds. The SMILES string of the molecule is Cc1nn(C(=O)c2ccc3[nH]ccc3c2)c(C)c1CN. The maximum Gasteiger partial charge on any atom is 0.278 e. The van der Waals surface area contributed by atoms with Gasteiger partial charge >= 0.3 is 0 Å². The first-order valence-electron chi connectivity index (χ1n) is 6.49. The number of carbonyl (C=O) groups excluding carboxylic acids is 1. The third-order valence-electron chi connectivity index (χ3n) is 3.64. The minimum Gasteiger partial charge on any atom is -0.361 e. The third-order valence-corrected chi connectivity index (χ3v) is 3.64. The quantitative estimate of drug-likeness (QED) is 0.747. The Kier molecular flexibility index (Phi) is 2.91. The van der Waals surface area contributed by atoms with Crippen LogP contribution in [0.4, 0.5) is 0 Å². The highest BCUT2D eigenvalue weighted by atomic mass is 16.2. The van der Waals surface area contributed by atoms with Gasteiger partial charge < -0.3 is 10.7 Å². The summed E-state index contributed by atoms with van der Waals surface area (Å²) in [7, 11) is 0. The van der Waals surface area contributed by atoms with Gasteiger partial charge in [0.2, 0.25) is 0 Å². The largest absolute Gasteiger partial charge is 0.361 e. The molecule has 3 N–H and O–H groups in total. The second kappa shape index (κ2) is 4.61. The standard InChI is InChI=1S/C15H16N4O/c1-9-13(8-16)10(2)19(18-9)15(20)12-3-4-14-11(7-12)5-6-17-14/h3-7,17H,8,16H2,1-2H3. The Morgan fingerprint density at radius 3 is 2.85 bits per heavy atom. The first-order valence-corrected chi connectivity index (χ1v) is 6.49. The first kappa shape index (κ1) is 12.6. The molecule has 0 radical (unpaired) electrons. The molecule has 0 aliphatic carbocycles. The topological polar surface area (TPSA) is 76.7 Å². The third kappa shape index (κ3) is 1.83. The zero-order chi connectivity index (χ0) is 14.3. The highest BCUT2D eigenvalue weighted by Gasteiger charge is 2.17. The van der Waals surface area contributed by atoms with Crippen molar-refractivity contribution in [3.05, 3.63) is 53.0 Å². The molecule has 0 bridgehead atoms. The summed E-state index contributed by atoms with van der Waals surface area (Å²) in [5, 5.41) is 5.31. The number of nitrogens with zero attached hydrogens (tertiary/aromatic N) is 2. The number of benzene rings is 1. The lowest BCUT2D eigenvalue weighted by Crippen LogP contribution is -2.15. The van der Waals surface area contributed by atoms with E-state index in [-0.39, 0.29) is 5.91 Å². The minimum absolute atomic E-state index is 0.131. The summed E-state index contributed by atoms with van der Waals surface area (Å²) in [6.45, 7) is 4.13. The number of hydrogen-bond acceptors (Lipinski definition) is 3. The summed E-state index contributed by atoms with van der Waals surface area (Å²) < 4.78 is 1.44. The van der Waals surface area contributed by atoms with Crippen molar-refractivity contribution < 1.29 is 4.79 Å². The molecule has 0 saturated heterocycles. The molecule has 0 aliphatic heterocycles. The monoisotopic (exact) mass is 268 g/mol. The molecule has 5 heteroatoms. The number of H-pyrrole nitrogens is 1. The molecule has 1 aromatic carbocycles. The van der Waals surface area contributed by atoms with Crippen molar-refractivity contribution in [2.24, 2.45) is 5.73 Å². The van der Waals surface area contributed by atoms with E-state index in [9.17, 15) is 4.79 Å². The molecule has 0 aliphatic rings. The molecule has 3 aromatic rings. The van der Waals surface area contributed by atoms with E-state index in [4.69, 9.17) is 5.73 Å². The Labute approximate surface area is 116 Å². The van der Waals surface area contributed by atoms with Crippen LogP contribution in [0, 0.1) is 13.8 Å². The summed E-state index contributed by atoms with van der Waals surface area (Å²) in [5.74, 6) is -0.131. The average molecular weight is 268 g/mol. The van der Waals surface area contributed by atoms with Gasteiger partial charge in [-0.05, 0) is 38.1 Å². The molecule has 0 spiro atoms. The summed E-state index contributed by atoms with van der Waals surface area (Å²) in [6.07, 6.45) is 1.86. The van der Waals surface area contributed by atoms with Gasteiger partial charge in [-0.2, -0.15) is 5.10 Å². The van der Waals surface area contributed by atoms with Gasteiger partial charge in [0, 0.05) is 40.5 Å². The lowest BCUT2D eigenvalue weighted by atomic mass is 10.1. The van der Waals surface area contributed by atoms with Crippen molar-refractivity contribution >= 4 is 16.8 Å². The fourth-order valence-corrected chi connectivity index (χ4v) is 2.48. The number of carbonyl (C=O) groups is 1. The average Bonchev–Trinajstić information content (AvgIpc) is 3.01. The van der Waals surface area contributed by atoms with Crippen molar-refractivity contribution in [2.45, 2.75) is 20.4 Å². The number of rotatable bonds is 2. The van der Waals surface area contributed by atoms with Gasteiger partial charge in [0.25, 0.3) is 5.91 Å². The van der Waals surface area contributed by atoms with Crippen molar-refractivity contribution in [3.8, 4) is 0 Å². The number of aromatic amines is 1. The molecule has 20 heavy (non-hydrogen) atoms. The van der Waals surface area contributed by atoms with Gasteiger partial charge in [0.05, 0.1) is 5.69 Å². The molecule has 5 nitrogen and oxygen atoms in total. The lowest BCUT2D eigenvalue weighted by molar-refractivity contribution is 0.0942. The number of nitrogens with two attached hydrogens (primary N) is 1. The van der Waals surface area contributed by atoms with Gasteiger partial charge in [-0.15, -0.1) is 0 Å². The van der Waals surface area contributed by atoms with E-state index in [0.29, 0.717) is 12.1 Å². The maximum atomic E-state index is 12.6. The molecule has 0 atom stereocenters. The van der Waals surface area contributed by atoms with Gasteiger partial charge in [-0.3, -0.25) is 4.79 Å². The van der Waals surface area contributed by atoms with E-state index in [0.717, 1.165) is 27.9 Å². The maximum absolute atomic E-state index is 12.6. The van der Waals surface area contributed by atoms with Crippen molar-refractivity contribution in [1.29, 1.82) is 0 Å². The summed E-state index contributed by atoms with van der Waals surface area (Å²) in [6, 6.07) is 7.52. The van der Waals surface area contributed by atoms with Gasteiger partial charge in [-0.25, -0.2) is 4.68 Å². The Balaban J connectivity index is 2.07. The number of aromatic nitrogens is 3. The molecule has 2 aromatic heterocycles. The predicted molar refractivity (Wildman–Crippen MR) is 77.6 cm³/mol. The number of fused-ring (bicyclic) bond motifs is 1. The summed E-state index contributed by atoms with van der Waals surface area (Å²) in [5.41, 5.74) is 9.87. The highest BCUT2D eigenvalue weighted by Crippen LogP contribution is 2.18. The molecule has 3 rings (SSSR count). The van der Waals surface area contributed by atoms with Crippen molar-refractivity contribution in [1.82, 2.24) is 14.8 Å². The van der Waals surface area contributed by atoms with Crippen LogP contribution in [0.3, 0.4) is 0 Å². The van der Waals surface area contributed by atoms with Gasteiger partial charge in [0.15, 0.2) is 0 Å². The van der Waals surface area contributed by atoms with E-state index in [1.807, 2.05) is 38.2 Å². The first-order chi connectivity index (χ1) is 9.61. The van der Waals surface area contributed by atoms with Crippen molar-refractivity contribution in [3.63, 3.8) is 0 Å². The molecule has 2 heterocycles. The highest BCUT2D eigenvalue weighted by molar-refractivity contribution is 5.99. The van der Waals surface area contributed by atoms with Crippen LogP contribution in [-0.2, 0) is 6.54 Å².